The molecule has 0 bridgehead atoms. The van der Waals surface area contributed by atoms with Crippen LogP contribution in [0.15, 0.2) is 31.1 Å². The molecule has 226 valence electrons. The Morgan fingerprint density at radius 1 is 1.00 bits per heavy atom. The number of hydrogen-bond acceptors (Lipinski definition) is 11. The Morgan fingerprint density at radius 2 is 1.74 bits per heavy atom. The van der Waals surface area contributed by atoms with Crippen molar-refractivity contribution in [3.63, 3.8) is 0 Å². The van der Waals surface area contributed by atoms with E-state index in [1.165, 1.54) is 12.8 Å². The van der Waals surface area contributed by atoms with Gasteiger partial charge < -0.3 is 24.2 Å². The third kappa shape index (κ3) is 7.95. The highest BCUT2D eigenvalue weighted by Gasteiger charge is 2.28. The molecule has 13 heteroatoms. The van der Waals surface area contributed by atoms with Gasteiger partial charge in [0, 0.05) is 63.7 Å². The molecule has 3 fully saturated rings. The summed E-state index contributed by atoms with van der Waals surface area (Å²) < 4.78 is 13.3. The molecule has 1 saturated carbocycles. The van der Waals surface area contributed by atoms with Crippen LogP contribution in [0, 0.1) is 17.8 Å². The SMILES string of the molecule is CC(C)(C)OC(=O)N1CCO[C@H](Cn2cc(Cc3ncnc(N4CCN(c5ncc(C#CC6CC6)cn5)CC4)n3)cn2)C1. The first-order chi connectivity index (χ1) is 20.8. The van der Waals surface area contributed by atoms with Gasteiger partial charge in [0.25, 0.3) is 0 Å². The van der Waals surface area contributed by atoms with Gasteiger partial charge in [-0.15, -0.1) is 0 Å². The van der Waals surface area contributed by atoms with Crippen LogP contribution < -0.4 is 9.80 Å². The van der Waals surface area contributed by atoms with Crippen molar-refractivity contribution in [2.24, 2.45) is 5.92 Å². The summed E-state index contributed by atoms with van der Waals surface area (Å²) in [6.07, 6.45) is 11.5. The van der Waals surface area contributed by atoms with E-state index in [0.717, 1.165) is 43.3 Å². The van der Waals surface area contributed by atoms with E-state index >= 15 is 0 Å². The largest absolute Gasteiger partial charge is 0.444 e. The van der Waals surface area contributed by atoms with Crippen LogP contribution in [0.4, 0.5) is 16.7 Å². The van der Waals surface area contributed by atoms with Gasteiger partial charge in [0.2, 0.25) is 11.9 Å². The van der Waals surface area contributed by atoms with Gasteiger partial charge in [-0.25, -0.2) is 24.7 Å². The number of carbonyl (C=O) groups is 1. The number of carbonyl (C=O) groups excluding carboxylic acids is 1. The zero-order valence-corrected chi connectivity index (χ0v) is 25.0. The Kier molecular flexibility index (Phi) is 8.38. The fraction of sp³-hybridized carbons (Fsp3) is 0.567. The number of anilines is 2. The lowest BCUT2D eigenvalue weighted by molar-refractivity contribution is -0.0483. The van der Waals surface area contributed by atoms with Crippen LogP contribution in [-0.2, 0) is 22.4 Å². The standard InChI is InChI=1S/C30H38N10O3/c1-30(2,3)43-29(41)39-12-13-42-25(19-39)20-40-18-24(17-35-40)14-26-33-21-34-28(36-26)38-10-8-37(9-11-38)27-31-15-23(16-32-27)7-6-22-4-5-22/h15-18,21-22,25H,4-5,8-14,19-20H2,1-3H3/t25-/m0/s1. The number of amides is 1. The van der Waals surface area contributed by atoms with E-state index in [0.29, 0.717) is 50.4 Å². The topological polar surface area (TPSA) is 128 Å². The third-order valence-corrected chi connectivity index (χ3v) is 7.32. The van der Waals surface area contributed by atoms with Gasteiger partial charge in [-0.2, -0.15) is 10.1 Å². The van der Waals surface area contributed by atoms with Crippen molar-refractivity contribution in [1.29, 1.82) is 0 Å². The zero-order chi connectivity index (χ0) is 29.8. The Morgan fingerprint density at radius 3 is 2.47 bits per heavy atom. The summed E-state index contributed by atoms with van der Waals surface area (Å²) in [5, 5.41) is 4.51. The summed E-state index contributed by atoms with van der Waals surface area (Å²) in [4.78, 5) is 41.2. The second-order valence-corrected chi connectivity index (χ2v) is 12.2. The molecule has 6 rings (SSSR count). The molecule has 2 saturated heterocycles. The summed E-state index contributed by atoms with van der Waals surface area (Å²) in [5.74, 6) is 9.05. The van der Waals surface area contributed by atoms with Crippen LogP contribution in [0.3, 0.4) is 0 Å². The molecular weight excluding hydrogens is 548 g/mol. The third-order valence-electron chi connectivity index (χ3n) is 7.32. The number of morpholine rings is 1. The van der Waals surface area contributed by atoms with Crippen molar-refractivity contribution in [3.8, 4) is 11.8 Å². The minimum Gasteiger partial charge on any atom is -0.444 e. The van der Waals surface area contributed by atoms with Gasteiger partial charge in [-0.3, -0.25) is 4.68 Å². The summed E-state index contributed by atoms with van der Waals surface area (Å²) >= 11 is 0. The maximum absolute atomic E-state index is 12.5. The second kappa shape index (κ2) is 12.5. The lowest BCUT2D eigenvalue weighted by Gasteiger charge is -2.34. The van der Waals surface area contributed by atoms with Gasteiger partial charge in [0.05, 0.1) is 37.6 Å². The highest BCUT2D eigenvalue weighted by Crippen LogP contribution is 2.27. The fourth-order valence-electron chi connectivity index (χ4n) is 4.94. The molecule has 3 aromatic heterocycles. The van der Waals surface area contributed by atoms with E-state index in [1.54, 1.807) is 11.2 Å². The van der Waals surface area contributed by atoms with Crippen LogP contribution in [0.2, 0.25) is 0 Å². The van der Waals surface area contributed by atoms with Crippen LogP contribution >= 0.6 is 0 Å². The molecule has 0 spiro atoms. The fourth-order valence-corrected chi connectivity index (χ4v) is 4.94. The quantitative estimate of drug-likeness (QED) is 0.394. The number of aromatic nitrogens is 7. The molecule has 43 heavy (non-hydrogen) atoms. The molecule has 0 unspecified atom stereocenters. The predicted molar refractivity (Wildman–Crippen MR) is 158 cm³/mol. The van der Waals surface area contributed by atoms with Crippen LogP contribution in [-0.4, -0.2) is 103 Å². The summed E-state index contributed by atoms with van der Waals surface area (Å²) in [6.45, 7) is 10.6. The molecular formula is C30H38N10O3. The molecule has 0 N–H and O–H groups in total. The van der Waals surface area contributed by atoms with Crippen LogP contribution in [0.25, 0.3) is 0 Å². The zero-order valence-electron chi connectivity index (χ0n) is 25.0. The normalized spacial score (nSPS) is 19.1. The maximum Gasteiger partial charge on any atom is 0.410 e. The van der Waals surface area contributed by atoms with Gasteiger partial charge in [0.1, 0.15) is 17.8 Å². The average molecular weight is 587 g/mol. The van der Waals surface area contributed by atoms with Crippen LogP contribution in [0.5, 0.6) is 0 Å². The van der Waals surface area contributed by atoms with E-state index < -0.39 is 5.60 Å². The summed E-state index contributed by atoms with van der Waals surface area (Å²) in [7, 11) is 0. The van der Waals surface area contributed by atoms with Gasteiger partial charge >= 0.3 is 6.09 Å². The van der Waals surface area contributed by atoms with E-state index in [4.69, 9.17) is 14.5 Å². The average Bonchev–Trinajstić information content (AvgIpc) is 3.74. The first-order valence-corrected chi connectivity index (χ1v) is 14.9. The number of rotatable bonds is 6. The summed E-state index contributed by atoms with van der Waals surface area (Å²) in [6, 6.07) is 0. The molecule has 3 aliphatic rings. The maximum atomic E-state index is 12.5. The number of hydrogen-bond donors (Lipinski definition) is 0. The van der Waals surface area contributed by atoms with Crippen molar-refractivity contribution >= 4 is 18.0 Å². The minimum absolute atomic E-state index is 0.166. The lowest BCUT2D eigenvalue weighted by Crippen LogP contribution is -2.48. The van der Waals surface area contributed by atoms with E-state index in [1.807, 2.05) is 50.2 Å². The molecule has 3 aromatic rings. The van der Waals surface area contributed by atoms with Crippen molar-refractivity contribution in [2.75, 3.05) is 55.7 Å². The van der Waals surface area contributed by atoms with Gasteiger partial charge in [-0.1, -0.05) is 11.8 Å². The molecule has 0 radical (unpaired) electrons. The highest BCUT2D eigenvalue weighted by atomic mass is 16.6. The monoisotopic (exact) mass is 586 g/mol. The van der Waals surface area contributed by atoms with Crippen molar-refractivity contribution in [3.05, 3.63) is 48.1 Å². The number of nitrogens with zero attached hydrogens (tertiary/aromatic N) is 10. The Balaban J connectivity index is 0.995. The first kappa shape index (κ1) is 28.8. The second-order valence-electron chi connectivity index (χ2n) is 12.2. The van der Waals surface area contributed by atoms with Gasteiger partial charge in [-0.05, 0) is 39.2 Å². The predicted octanol–water partition coefficient (Wildman–Crippen LogP) is 2.17. The van der Waals surface area contributed by atoms with E-state index in [9.17, 15) is 4.79 Å². The Hall–Kier alpha value is -4.31. The van der Waals surface area contributed by atoms with Crippen molar-refractivity contribution < 1.29 is 14.3 Å². The molecule has 1 aliphatic carbocycles. The first-order valence-electron chi connectivity index (χ1n) is 14.9. The van der Waals surface area contributed by atoms with Crippen LogP contribution in [0.1, 0.15) is 50.6 Å². The molecule has 0 aromatic carbocycles. The highest BCUT2D eigenvalue weighted by molar-refractivity contribution is 5.68. The van der Waals surface area contributed by atoms with Crippen molar-refractivity contribution in [1.82, 2.24) is 39.6 Å². The smallest absolute Gasteiger partial charge is 0.410 e. The van der Waals surface area contributed by atoms with E-state index in [2.05, 4.69) is 46.7 Å². The van der Waals surface area contributed by atoms with Crippen molar-refractivity contribution in [2.45, 2.75) is 58.3 Å². The van der Waals surface area contributed by atoms with E-state index in [-0.39, 0.29) is 12.2 Å². The minimum atomic E-state index is -0.530. The van der Waals surface area contributed by atoms with Gasteiger partial charge in [0.15, 0.2) is 0 Å². The summed E-state index contributed by atoms with van der Waals surface area (Å²) in [5.41, 5.74) is 1.33. The molecule has 1 amide bonds. The molecule has 13 nitrogen and oxygen atoms in total. The lowest BCUT2D eigenvalue weighted by atomic mass is 10.2. The molecule has 2 aliphatic heterocycles. The Labute approximate surface area is 251 Å². The number of piperazine rings is 1. The molecule has 1 atom stereocenters. The molecule has 5 heterocycles. The Bertz CT molecular complexity index is 1460. The number of ether oxygens (including phenoxy) is 2.